The molecule has 196 valence electrons. The number of anilines is 1. The van der Waals surface area contributed by atoms with Gasteiger partial charge in [-0.25, -0.2) is 9.29 Å². The fourth-order valence-corrected chi connectivity index (χ4v) is 4.09. The van der Waals surface area contributed by atoms with Crippen LogP contribution in [0.3, 0.4) is 0 Å². The summed E-state index contributed by atoms with van der Waals surface area (Å²) < 4.78 is 32.0. The van der Waals surface area contributed by atoms with Crippen LogP contribution in [0.5, 0.6) is 11.5 Å². The van der Waals surface area contributed by atoms with Gasteiger partial charge >= 0.3 is 6.01 Å². The summed E-state index contributed by atoms with van der Waals surface area (Å²) in [6, 6.07) is 6.65. The average Bonchev–Trinajstić information content (AvgIpc) is 3.36. The minimum Gasteiger partial charge on any atom is -0.490 e. The normalized spacial score (nSPS) is 12.7. The van der Waals surface area contributed by atoms with E-state index in [1.807, 2.05) is 20.8 Å². The number of aromatic nitrogens is 1. The number of halogens is 2. The fourth-order valence-electron chi connectivity index (χ4n) is 4.09. The van der Waals surface area contributed by atoms with Gasteiger partial charge in [0.2, 0.25) is 0 Å². The molecule has 0 fully saturated rings. The summed E-state index contributed by atoms with van der Waals surface area (Å²) in [5.41, 5.74) is 1.40. The van der Waals surface area contributed by atoms with Crippen LogP contribution >= 0.6 is 17.0 Å². The first kappa shape index (κ1) is 27.9. The molecule has 9 nitrogen and oxygen atoms in total. The highest BCUT2D eigenvalue weighted by molar-refractivity contribution is 8.93. The van der Waals surface area contributed by atoms with Gasteiger partial charge in [0.25, 0.3) is 0 Å². The summed E-state index contributed by atoms with van der Waals surface area (Å²) in [5, 5.41) is 18.0. The Bertz CT molecular complexity index is 1390. The standard InChI is InChI=1S/C26H28FN5O4.BrH/c1-6-34-20-11-16-12-31(24(29)21(16)22(27)23(20)35-7-2)13-18(33)15-8-9-19-17(10-15)30-25(36-19)32(14-28)26(3,4)5;/h8-11,29H,6-7,12-13H2,1-5H3;1H. The van der Waals surface area contributed by atoms with Crippen molar-refractivity contribution in [3.63, 3.8) is 0 Å². The number of benzene rings is 2. The molecule has 0 amide bonds. The lowest BCUT2D eigenvalue weighted by atomic mass is 10.1. The molecule has 0 saturated carbocycles. The molecule has 11 heteroatoms. The van der Waals surface area contributed by atoms with E-state index in [-0.39, 0.29) is 71.4 Å². The van der Waals surface area contributed by atoms with Crippen molar-refractivity contribution >= 4 is 45.7 Å². The van der Waals surface area contributed by atoms with E-state index < -0.39 is 11.4 Å². The average molecular weight is 574 g/mol. The van der Waals surface area contributed by atoms with Crippen molar-refractivity contribution in [3.05, 3.63) is 46.8 Å². The summed E-state index contributed by atoms with van der Waals surface area (Å²) in [4.78, 5) is 20.4. The van der Waals surface area contributed by atoms with Gasteiger partial charge in [0, 0.05) is 12.1 Å². The number of carbonyl (C=O) groups excluding carboxylic acids is 1. The quantitative estimate of drug-likeness (QED) is 0.215. The minimum absolute atomic E-state index is 0. The Kier molecular flexibility index (Phi) is 8.12. The molecule has 2 heterocycles. The van der Waals surface area contributed by atoms with E-state index >= 15 is 4.39 Å². The molecule has 0 unspecified atom stereocenters. The number of fused-ring (bicyclic) bond motifs is 2. The van der Waals surface area contributed by atoms with Crippen molar-refractivity contribution < 1.29 is 23.1 Å². The summed E-state index contributed by atoms with van der Waals surface area (Å²) >= 11 is 0. The van der Waals surface area contributed by atoms with Crippen molar-refractivity contribution in [1.29, 1.82) is 10.7 Å². The van der Waals surface area contributed by atoms with E-state index in [2.05, 4.69) is 11.2 Å². The van der Waals surface area contributed by atoms with Crippen LogP contribution in [0.4, 0.5) is 10.4 Å². The highest BCUT2D eigenvalue weighted by Crippen LogP contribution is 2.39. The second-order valence-corrected chi connectivity index (χ2v) is 9.33. The largest absolute Gasteiger partial charge is 0.490 e. The van der Waals surface area contributed by atoms with Crippen LogP contribution in [-0.2, 0) is 6.54 Å². The van der Waals surface area contributed by atoms with E-state index in [1.165, 1.54) is 9.80 Å². The molecule has 0 radical (unpaired) electrons. The van der Waals surface area contributed by atoms with Crippen LogP contribution in [-0.4, -0.2) is 46.8 Å². The van der Waals surface area contributed by atoms with Gasteiger partial charge in [-0.15, -0.1) is 17.0 Å². The van der Waals surface area contributed by atoms with Gasteiger partial charge in [-0.05, 0) is 64.4 Å². The molecule has 2 aromatic carbocycles. The minimum atomic E-state index is -0.657. The Morgan fingerprint density at radius 3 is 2.59 bits per heavy atom. The maximum atomic E-state index is 15.3. The van der Waals surface area contributed by atoms with E-state index in [0.29, 0.717) is 28.8 Å². The molecular weight excluding hydrogens is 545 g/mol. The van der Waals surface area contributed by atoms with E-state index in [0.717, 1.165) is 0 Å². The smallest absolute Gasteiger partial charge is 0.312 e. The Balaban J connectivity index is 0.00000380. The predicted molar refractivity (Wildman–Crippen MR) is 142 cm³/mol. The lowest BCUT2D eigenvalue weighted by Crippen LogP contribution is -2.37. The maximum absolute atomic E-state index is 15.3. The number of oxazole rings is 1. The monoisotopic (exact) mass is 573 g/mol. The number of nitriles is 1. The van der Waals surface area contributed by atoms with Crippen molar-refractivity contribution in [2.75, 3.05) is 24.7 Å². The number of ether oxygens (including phenoxy) is 2. The van der Waals surface area contributed by atoms with Gasteiger partial charge in [-0.2, -0.15) is 10.2 Å². The number of nitrogens with zero attached hydrogens (tertiary/aromatic N) is 4. The summed E-state index contributed by atoms with van der Waals surface area (Å²) in [5.74, 6) is -0.743. The highest BCUT2D eigenvalue weighted by atomic mass is 79.9. The third-order valence-electron chi connectivity index (χ3n) is 5.77. The highest BCUT2D eigenvalue weighted by Gasteiger charge is 2.33. The molecule has 3 aromatic rings. The molecule has 4 rings (SSSR count). The van der Waals surface area contributed by atoms with Gasteiger partial charge in [-0.1, -0.05) is 0 Å². The first-order chi connectivity index (χ1) is 17.1. The third kappa shape index (κ3) is 5.25. The molecule has 0 aliphatic carbocycles. The number of Topliss-reactive ketones (excluding diaryl/α,β-unsaturated/α-hetero) is 1. The first-order valence-electron chi connectivity index (χ1n) is 11.7. The molecule has 0 saturated heterocycles. The second-order valence-electron chi connectivity index (χ2n) is 9.33. The zero-order chi connectivity index (χ0) is 26.2. The lowest BCUT2D eigenvalue weighted by Gasteiger charge is -2.26. The summed E-state index contributed by atoms with van der Waals surface area (Å²) in [6.45, 7) is 9.79. The Morgan fingerprint density at radius 2 is 1.97 bits per heavy atom. The molecule has 1 aromatic heterocycles. The zero-order valence-corrected chi connectivity index (χ0v) is 23.1. The molecule has 0 bridgehead atoms. The van der Waals surface area contributed by atoms with Crippen LogP contribution in [0.25, 0.3) is 11.1 Å². The first-order valence-corrected chi connectivity index (χ1v) is 11.7. The van der Waals surface area contributed by atoms with Crippen LogP contribution in [0.2, 0.25) is 0 Å². The van der Waals surface area contributed by atoms with Gasteiger partial charge in [0.05, 0.1) is 30.9 Å². The summed E-state index contributed by atoms with van der Waals surface area (Å²) in [6.07, 6.45) is 2.08. The Labute approximate surface area is 225 Å². The zero-order valence-electron chi connectivity index (χ0n) is 21.3. The van der Waals surface area contributed by atoms with E-state index in [9.17, 15) is 10.1 Å². The van der Waals surface area contributed by atoms with Crippen LogP contribution < -0.4 is 14.4 Å². The number of hydrogen-bond donors (Lipinski definition) is 1. The molecule has 37 heavy (non-hydrogen) atoms. The van der Waals surface area contributed by atoms with Crippen LogP contribution in [0, 0.1) is 22.7 Å². The number of nitrogens with one attached hydrogen (secondary N) is 1. The topological polar surface area (TPSA) is 116 Å². The Morgan fingerprint density at radius 1 is 1.27 bits per heavy atom. The van der Waals surface area contributed by atoms with Crippen LogP contribution in [0.15, 0.2) is 28.7 Å². The van der Waals surface area contributed by atoms with Crippen molar-refractivity contribution in [2.45, 2.75) is 46.7 Å². The van der Waals surface area contributed by atoms with Gasteiger partial charge in [-0.3, -0.25) is 10.2 Å². The SMILES string of the molecule is Br.CCOc1cc2c(c(F)c1OCC)C(=N)N(CC(=O)c1ccc3oc(N(C#N)C(C)(C)C)nc3c1)C2. The van der Waals surface area contributed by atoms with Crippen molar-refractivity contribution in [1.82, 2.24) is 9.88 Å². The Hall–Kier alpha value is -3.65. The molecule has 0 atom stereocenters. The number of ketones is 1. The van der Waals surface area contributed by atoms with Gasteiger partial charge in [0.15, 0.2) is 34.9 Å². The van der Waals surface area contributed by atoms with E-state index in [4.69, 9.17) is 19.3 Å². The molecule has 1 N–H and O–H groups in total. The third-order valence-corrected chi connectivity index (χ3v) is 5.77. The maximum Gasteiger partial charge on any atom is 0.312 e. The molecule has 1 aliphatic heterocycles. The van der Waals surface area contributed by atoms with Crippen LogP contribution in [0.1, 0.15) is 56.1 Å². The van der Waals surface area contributed by atoms with Crippen molar-refractivity contribution in [2.24, 2.45) is 0 Å². The van der Waals surface area contributed by atoms with E-state index in [1.54, 1.807) is 38.1 Å². The number of hydrogen-bond acceptors (Lipinski definition) is 8. The predicted octanol–water partition coefficient (Wildman–Crippen LogP) is 5.45. The van der Waals surface area contributed by atoms with Gasteiger partial charge in [0.1, 0.15) is 11.4 Å². The summed E-state index contributed by atoms with van der Waals surface area (Å²) in [7, 11) is 0. The fraction of sp³-hybridized carbons (Fsp3) is 0.385. The second kappa shape index (κ2) is 10.8. The van der Waals surface area contributed by atoms with Crippen molar-refractivity contribution in [3.8, 4) is 17.7 Å². The molecule has 0 spiro atoms. The number of rotatable bonds is 8. The molecular formula is C26H29BrFN5O4. The molecule has 1 aliphatic rings. The van der Waals surface area contributed by atoms with Gasteiger partial charge < -0.3 is 18.8 Å². The number of carbonyl (C=O) groups is 1. The number of amidine groups is 1. The lowest BCUT2D eigenvalue weighted by molar-refractivity contribution is 0.0962.